The lowest BCUT2D eigenvalue weighted by atomic mass is 9.92. The summed E-state index contributed by atoms with van der Waals surface area (Å²) < 4.78 is 0. The van der Waals surface area contributed by atoms with Gasteiger partial charge in [-0.25, -0.2) is 0 Å². The molecule has 2 aliphatic heterocycles. The smallest absolute Gasteiger partial charge is 0.0399 e. The van der Waals surface area contributed by atoms with Gasteiger partial charge in [0.05, 0.1) is 0 Å². The number of nitrogens with zero attached hydrogens (tertiary/aromatic N) is 1. The van der Waals surface area contributed by atoms with Gasteiger partial charge in [-0.15, -0.1) is 11.8 Å². The van der Waals surface area contributed by atoms with Crippen LogP contribution in [0.1, 0.15) is 24.0 Å². The second-order valence-electron chi connectivity index (χ2n) is 6.39. The number of thioether (sulfide) groups is 1. The number of benzene rings is 2. The second kappa shape index (κ2) is 5.42. The molecule has 2 unspecified atom stereocenters. The van der Waals surface area contributed by atoms with Crippen LogP contribution >= 0.6 is 11.8 Å². The minimum absolute atomic E-state index is 0.671. The van der Waals surface area contributed by atoms with Gasteiger partial charge < -0.3 is 4.90 Å². The Bertz CT molecular complexity index is 652. The van der Waals surface area contributed by atoms with Crippen molar-refractivity contribution in [1.82, 2.24) is 0 Å². The molecular formula is C19H21NS. The van der Waals surface area contributed by atoms with Gasteiger partial charge in [0.1, 0.15) is 0 Å². The molecule has 0 radical (unpaired) electrons. The van der Waals surface area contributed by atoms with E-state index in [1.807, 2.05) is 11.8 Å². The molecule has 2 heterocycles. The van der Waals surface area contributed by atoms with Gasteiger partial charge in [-0.3, -0.25) is 0 Å². The third-order valence-electron chi connectivity index (χ3n) is 4.67. The Morgan fingerprint density at radius 1 is 1.10 bits per heavy atom. The Morgan fingerprint density at radius 3 is 2.86 bits per heavy atom. The Kier molecular flexibility index (Phi) is 3.42. The SMILES string of the molecule is CC1Cc2ccccc2N(CC2CSc3ccccc32)C1. The average Bonchev–Trinajstić information content (AvgIpc) is 2.90. The summed E-state index contributed by atoms with van der Waals surface area (Å²) in [5, 5.41) is 0. The van der Waals surface area contributed by atoms with Gasteiger partial charge >= 0.3 is 0 Å². The second-order valence-corrected chi connectivity index (χ2v) is 7.45. The number of para-hydroxylation sites is 1. The van der Waals surface area contributed by atoms with Crippen molar-refractivity contribution < 1.29 is 0 Å². The lowest BCUT2D eigenvalue weighted by Crippen LogP contribution is -2.37. The molecule has 0 amide bonds. The molecule has 21 heavy (non-hydrogen) atoms. The first-order valence-electron chi connectivity index (χ1n) is 7.86. The maximum atomic E-state index is 2.62. The highest BCUT2D eigenvalue weighted by Gasteiger charge is 2.28. The Morgan fingerprint density at radius 2 is 1.90 bits per heavy atom. The molecule has 0 N–H and O–H groups in total. The van der Waals surface area contributed by atoms with Gasteiger partial charge in [0.2, 0.25) is 0 Å². The molecule has 2 aliphatic rings. The molecule has 0 saturated heterocycles. The molecule has 0 saturated carbocycles. The van der Waals surface area contributed by atoms with Crippen molar-refractivity contribution >= 4 is 17.4 Å². The van der Waals surface area contributed by atoms with Crippen LogP contribution in [0.3, 0.4) is 0 Å². The van der Waals surface area contributed by atoms with Crippen LogP contribution in [0.4, 0.5) is 5.69 Å². The van der Waals surface area contributed by atoms with Crippen molar-refractivity contribution in [2.45, 2.75) is 24.2 Å². The van der Waals surface area contributed by atoms with Gasteiger partial charge in [-0.1, -0.05) is 43.3 Å². The lowest BCUT2D eigenvalue weighted by molar-refractivity contribution is 0.520. The van der Waals surface area contributed by atoms with E-state index in [2.05, 4.69) is 60.4 Å². The number of anilines is 1. The summed E-state index contributed by atoms with van der Waals surface area (Å²) >= 11 is 2.02. The number of hydrogen-bond donors (Lipinski definition) is 0. The summed E-state index contributed by atoms with van der Waals surface area (Å²) in [6.07, 6.45) is 1.22. The van der Waals surface area contributed by atoms with Crippen molar-refractivity contribution in [3.05, 3.63) is 59.7 Å². The van der Waals surface area contributed by atoms with Crippen LogP contribution in [0.25, 0.3) is 0 Å². The topological polar surface area (TPSA) is 3.24 Å². The monoisotopic (exact) mass is 295 g/mol. The number of hydrogen-bond acceptors (Lipinski definition) is 2. The van der Waals surface area contributed by atoms with E-state index in [0.29, 0.717) is 5.92 Å². The largest absolute Gasteiger partial charge is 0.370 e. The highest BCUT2D eigenvalue weighted by Crippen LogP contribution is 2.41. The Balaban J connectivity index is 1.61. The van der Waals surface area contributed by atoms with Gasteiger partial charge in [-0.05, 0) is 35.6 Å². The highest BCUT2D eigenvalue weighted by molar-refractivity contribution is 7.99. The molecule has 0 spiro atoms. The summed E-state index contributed by atoms with van der Waals surface area (Å²) in [5.41, 5.74) is 4.54. The quantitative estimate of drug-likeness (QED) is 0.798. The molecule has 0 bridgehead atoms. The zero-order valence-corrected chi connectivity index (χ0v) is 13.3. The summed E-state index contributed by atoms with van der Waals surface area (Å²) in [7, 11) is 0. The zero-order chi connectivity index (χ0) is 14.2. The van der Waals surface area contributed by atoms with Crippen molar-refractivity contribution in [3.63, 3.8) is 0 Å². The van der Waals surface area contributed by atoms with Crippen molar-refractivity contribution in [2.24, 2.45) is 5.92 Å². The van der Waals surface area contributed by atoms with E-state index in [1.165, 1.54) is 34.9 Å². The first-order valence-corrected chi connectivity index (χ1v) is 8.84. The van der Waals surface area contributed by atoms with Crippen LogP contribution < -0.4 is 4.90 Å². The molecular weight excluding hydrogens is 274 g/mol. The molecule has 2 aromatic rings. The van der Waals surface area contributed by atoms with E-state index in [1.54, 1.807) is 5.56 Å². The van der Waals surface area contributed by atoms with Crippen LogP contribution in [-0.2, 0) is 6.42 Å². The van der Waals surface area contributed by atoms with E-state index in [0.717, 1.165) is 12.5 Å². The fourth-order valence-electron chi connectivity index (χ4n) is 3.73. The summed E-state index contributed by atoms with van der Waals surface area (Å²) in [5.74, 6) is 2.65. The summed E-state index contributed by atoms with van der Waals surface area (Å²) in [6, 6.07) is 17.9. The van der Waals surface area contributed by atoms with Crippen molar-refractivity contribution in [1.29, 1.82) is 0 Å². The van der Waals surface area contributed by atoms with Gasteiger partial charge in [-0.2, -0.15) is 0 Å². The summed E-state index contributed by atoms with van der Waals surface area (Å²) in [4.78, 5) is 4.11. The number of fused-ring (bicyclic) bond motifs is 2. The fourth-order valence-corrected chi connectivity index (χ4v) is 4.97. The minimum atomic E-state index is 0.671. The Labute approximate surface area is 131 Å². The third-order valence-corrected chi connectivity index (χ3v) is 5.92. The normalized spacial score (nSPS) is 23.8. The van der Waals surface area contributed by atoms with Gasteiger partial charge in [0, 0.05) is 35.3 Å². The molecule has 0 fully saturated rings. The molecule has 108 valence electrons. The van der Waals surface area contributed by atoms with Crippen LogP contribution in [-0.4, -0.2) is 18.8 Å². The molecule has 2 aromatic carbocycles. The first kappa shape index (κ1) is 13.3. The van der Waals surface area contributed by atoms with E-state index in [-0.39, 0.29) is 0 Å². The molecule has 2 heteroatoms. The van der Waals surface area contributed by atoms with Crippen LogP contribution in [0.15, 0.2) is 53.4 Å². The van der Waals surface area contributed by atoms with E-state index >= 15 is 0 Å². The van der Waals surface area contributed by atoms with Crippen LogP contribution in [0, 0.1) is 5.92 Å². The standard InChI is InChI=1S/C19H21NS/c1-14-10-15-6-2-4-8-18(15)20(11-14)12-16-13-21-19-9-5-3-7-17(16)19/h2-9,14,16H,10-13H2,1H3. The molecule has 4 rings (SSSR count). The minimum Gasteiger partial charge on any atom is -0.370 e. The van der Waals surface area contributed by atoms with Crippen molar-refractivity contribution in [2.75, 3.05) is 23.7 Å². The summed E-state index contributed by atoms with van der Waals surface area (Å²) in [6.45, 7) is 4.73. The predicted molar refractivity (Wildman–Crippen MR) is 91.4 cm³/mol. The lowest BCUT2D eigenvalue weighted by Gasteiger charge is -2.36. The van der Waals surface area contributed by atoms with Crippen molar-refractivity contribution in [3.8, 4) is 0 Å². The van der Waals surface area contributed by atoms with E-state index < -0.39 is 0 Å². The molecule has 0 aliphatic carbocycles. The van der Waals surface area contributed by atoms with E-state index in [9.17, 15) is 0 Å². The average molecular weight is 295 g/mol. The zero-order valence-electron chi connectivity index (χ0n) is 12.5. The predicted octanol–water partition coefficient (Wildman–Crippen LogP) is 4.57. The molecule has 0 aromatic heterocycles. The van der Waals surface area contributed by atoms with Gasteiger partial charge in [0.15, 0.2) is 0 Å². The first-order chi connectivity index (χ1) is 10.3. The third kappa shape index (κ3) is 2.46. The Hall–Kier alpha value is -1.41. The number of rotatable bonds is 2. The maximum Gasteiger partial charge on any atom is 0.0399 e. The van der Waals surface area contributed by atoms with E-state index in [4.69, 9.17) is 0 Å². The van der Waals surface area contributed by atoms with Gasteiger partial charge in [0.25, 0.3) is 0 Å². The van der Waals surface area contributed by atoms with Crippen LogP contribution in [0.2, 0.25) is 0 Å². The maximum absolute atomic E-state index is 2.62. The molecule has 1 nitrogen and oxygen atoms in total. The highest BCUT2D eigenvalue weighted by atomic mass is 32.2. The van der Waals surface area contributed by atoms with Crippen LogP contribution in [0.5, 0.6) is 0 Å². The molecule has 2 atom stereocenters. The fraction of sp³-hybridized carbons (Fsp3) is 0.368.